The van der Waals surface area contributed by atoms with Crippen LogP contribution in [0.1, 0.15) is 12.5 Å². The van der Waals surface area contributed by atoms with Gasteiger partial charge in [0.2, 0.25) is 4.80 Å². The van der Waals surface area contributed by atoms with Gasteiger partial charge in [0.15, 0.2) is 0 Å². The Bertz CT molecular complexity index is 972. The average molecular weight is 411 g/mol. The van der Waals surface area contributed by atoms with Crippen LogP contribution in [0.15, 0.2) is 58.0 Å². The molecule has 0 aliphatic carbocycles. The van der Waals surface area contributed by atoms with Gasteiger partial charge in [-0.25, -0.2) is 0 Å². The number of hydrogen-bond donors (Lipinski definition) is 0. The normalized spacial score (nSPS) is 12.2. The lowest BCUT2D eigenvalue weighted by Gasteiger charge is -2.07. The zero-order valence-electron chi connectivity index (χ0n) is 13.3. The van der Waals surface area contributed by atoms with Crippen LogP contribution in [0.3, 0.4) is 0 Å². The van der Waals surface area contributed by atoms with Crippen molar-refractivity contribution in [3.63, 3.8) is 0 Å². The van der Waals surface area contributed by atoms with Crippen molar-refractivity contribution < 1.29 is 0 Å². The average Bonchev–Trinajstić information content (AvgIpc) is 2.99. The molecule has 0 unspecified atom stereocenters. The molecule has 0 aliphatic rings. The third-order valence-corrected chi connectivity index (χ3v) is 5.19. The van der Waals surface area contributed by atoms with E-state index in [0.717, 1.165) is 28.2 Å². The van der Waals surface area contributed by atoms with Crippen LogP contribution >= 0.6 is 46.1 Å². The van der Waals surface area contributed by atoms with E-state index in [-0.39, 0.29) is 0 Å². The highest BCUT2D eigenvalue weighted by atomic mass is 35.5. The van der Waals surface area contributed by atoms with Crippen molar-refractivity contribution in [1.29, 1.82) is 0 Å². The maximum Gasteiger partial charge on any atom is 0.211 e. The van der Waals surface area contributed by atoms with Crippen molar-refractivity contribution in [2.24, 2.45) is 10.2 Å². The number of hydrogen-bond acceptors (Lipinski definition) is 3. The summed E-state index contributed by atoms with van der Waals surface area (Å²) in [6.45, 7) is 2.81. The molecular formula is C18H14Cl3N3S. The highest BCUT2D eigenvalue weighted by Gasteiger charge is 2.10. The molecular weight excluding hydrogens is 397 g/mol. The third-order valence-electron chi connectivity index (χ3n) is 3.54. The summed E-state index contributed by atoms with van der Waals surface area (Å²) in [6.07, 6.45) is 1.70. The van der Waals surface area contributed by atoms with Gasteiger partial charge in [0.05, 0.1) is 16.9 Å². The first kappa shape index (κ1) is 18.2. The predicted octanol–water partition coefficient (Wildman–Crippen LogP) is 6.13. The van der Waals surface area contributed by atoms with Crippen LogP contribution in [-0.4, -0.2) is 10.8 Å². The van der Waals surface area contributed by atoms with Crippen LogP contribution in [-0.2, 0) is 6.54 Å². The molecule has 1 aromatic heterocycles. The van der Waals surface area contributed by atoms with Crippen molar-refractivity contribution in [3.05, 3.63) is 73.3 Å². The van der Waals surface area contributed by atoms with Crippen molar-refractivity contribution in [3.8, 4) is 11.3 Å². The Morgan fingerprint density at radius 2 is 1.76 bits per heavy atom. The van der Waals surface area contributed by atoms with E-state index in [1.807, 2.05) is 41.8 Å². The maximum atomic E-state index is 6.34. The molecule has 0 atom stereocenters. The van der Waals surface area contributed by atoms with Gasteiger partial charge in [0, 0.05) is 27.5 Å². The van der Waals surface area contributed by atoms with Crippen LogP contribution in [0.2, 0.25) is 15.1 Å². The van der Waals surface area contributed by atoms with E-state index >= 15 is 0 Å². The highest BCUT2D eigenvalue weighted by molar-refractivity contribution is 7.07. The Hall–Kier alpha value is -1.59. The molecule has 0 saturated carbocycles. The molecule has 0 N–H and O–H groups in total. The summed E-state index contributed by atoms with van der Waals surface area (Å²) in [4.78, 5) is 0.800. The van der Waals surface area contributed by atoms with E-state index < -0.39 is 0 Å². The SMILES string of the molecule is CCn1c(-c2ccc(Cl)cc2Cl)cs/c1=N\N=C/c1ccc(Cl)cc1. The Labute approximate surface area is 164 Å². The Morgan fingerprint density at radius 1 is 1.04 bits per heavy atom. The molecule has 0 fully saturated rings. The topological polar surface area (TPSA) is 29.6 Å². The van der Waals surface area contributed by atoms with Gasteiger partial charge in [-0.1, -0.05) is 46.9 Å². The first-order valence-electron chi connectivity index (χ1n) is 7.55. The molecule has 0 bridgehead atoms. The van der Waals surface area contributed by atoms with Crippen molar-refractivity contribution in [2.75, 3.05) is 0 Å². The van der Waals surface area contributed by atoms with Crippen LogP contribution < -0.4 is 4.80 Å². The van der Waals surface area contributed by atoms with Crippen molar-refractivity contribution in [1.82, 2.24) is 4.57 Å². The van der Waals surface area contributed by atoms with Gasteiger partial charge in [-0.3, -0.25) is 0 Å². The quantitative estimate of drug-likeness (QED) is 0.366. The van der Waals surface area contributed by atoms with Crippen LogP contribution in [0.5, 0.6) is 0 Å². The van der Waals surface area contributed by atoms with E-state index in [1.54, 1.807) is 12.3 Å². The van der Waals surface area contributed by atoms with Gasteiger partial charge < -0.3 is 4.57 Å². The zero-order chi connectivity index (χ0) is 17.8. The number of thiazole rings is 1. The summed E-state index contributed by atoms with van der Waals surface area (Å²) >= 11 is 19.7. The Balaban J connectivity index is 1.95. The van der Waals surface area contributed by atoms with Gasteiger partial charge in [-0.05, 0) is 42.8 Å². The fourth-order valence-corrected chi connectivity index (χ4v) is 3.87. The van der Waals surface area contributed by atoms with Crippen LogP contribution in [0.25, 0.3) is 11.3 Å². The Morgan fingerprint density at radius 3 is 2.44 bits per heavy atom. The number of benzene rings is 2. The van der Waals surface area contributed by atoms with Gasteiger partial charge in [-0.15, -0.1) is 16.4 Å². The Kier molecular flexibility index (Phi) is 5.97. The predicted molar refractivity (Wildman–Crippen MR) is 108 cm³/mol. The molecule has 25 heavy (non-hydrogen) atoms. The van der Waals surface area contributed by atoms with E-state index in [0.29, 0.717) is 15.1 Å². The minimum Gasteiger partial charge on any atom is -0.315 e. The molecule has 3 nitrogen and oxygen atoms in total. The van der Waals surface area contributed by atoms with Gasteiger partial charge in [-0.2, -0.15) is 5.10 Å². The van der Waals surface area contributed by atoms with E-state index in [9.17, 15) is 0 Å². The molecule has 2 aromatic carbocycles. The molecule has 128 valence electrons. The third kappa shape index (κ3) is 4.33. The van der Waals surface area contributed by atoms with Gasteiger partial charge in [0.1, 0.15) is 0 Å². The first-order chi connectivity index (χ1) is 12.1. The van der Waals surface area contributed by atoms with E-state index in [4.69, 9.17) is 34.8 Å². The lowest BCUT2D eigenvalue weighted by Crippen LogP contribution is -2.14. The standard InChI is InChI=1S/C18H14Cl3N3S/c1-2-24-17(15-8-7-14(20)9-16(15)21)11-25-18(24)23-22-10-12-3-5-13(19)6-4-12/h3-11H,2H2,1H3/b22-10-,23-18-. The monoisotopic (exact) mass is 409 g/mol. The molecule has 7 heteroatoms. The highest BCUT2D eigenvalue weighted by Crippen LogP contribution is 2.30. The van der Waals surface area contributed by atoms with Gasteiger partial charge >= 0.3 is 0 Å². The summed E-state index contributed by atoms with van der Waals surface area (Å²) in [6, 6.07) is 12.9. The minimum atomic E-state index is 0.615. The fourth-order valence-electron chi connectivity index (χ4n) is 2.32. The smallest absolute Gasteiger partial charge is 0.211 e. The van der Waals surface area contributed by atoms with Gasteiger partial charge in [0.25, 0.3) is 0 Å². The number of aromatic nitrogens is 1. The van der Waals surface area contributed by atoms with Crippen molar-refractivity contribution in [2.45, 2.75) is 13.5 Å². The summed E-state index contributed by atoms with van der Waals surface area (Å²) in [7, 11) is 0. The largest absolute Gasteiger partial charge is 0.315 e. The lowest BCUT2D eigenvalue weighted by molar-refractivity contribution is 0.737. The van der Waals surface area contributed by atoms with E-state index in [1.165, 1.54) is 11.3 Å². The second kappa shape index (κ2) is 8.19. The number of rotatable bonds is 4. The van der Waals surface area contributed by atoms with E-state index in [2.05, 4.69) is 21.7 Å². The van der Waals surface area contributed by atoms with Crippen LogP contribution in [0.4, 0.5) is 0 Å². The second-order valence-electron chi connectivity index (χ2n) is 5.17. The molecule has 0 saturated heterocycles. The maximum absolute atomic E-state index is 6.34. The first-order valence-corrected chi connectivity index (χ1v) is 9.56. The zero-order valence-corrected chi connectivity index (χ0v) is 16.4. The lowest BCUT2D eigenvalue weighted by atomic mass is 10.2. The molecule has 3 aromatic rings. The minimum absolute atomic E-state index is 0.615. The molecule has 0 aliphatic heterocycles. The fraction of sp³-hybridized carbons (Fsp3) is 0.111. The summed E-state index contributed by atoms with van der Waals surface area (Å²) in [5, 5.41) is 12.5. The summed E-state index contributed by atoms with van der Waals surface area (Å²) < 4.78 is 2.07. The molecule has 0 radical (unpaired) electrons. The summed E-state index contributed by atoms with van der Waals surface area (Å²) in [5.41, 5.74) is 2.86. The molecule has 3 rings (SSSR count). The molecule has 0 spiro atoms. The summed E-state index contributed by atoms with van der Waals surface area (Å²) in [5.74, 6) is 0. The number of halogens is 3. The van der Waals surface area contributed by atoms with Crippen LogP contribution in [0, 0.1) is 0 Å². The number of nitrogens with zero attached hydrogens (tertiary/aromatic N) is 3. The van der Waals surface area contributed by atoms with Crippen molar-refractivity contribution >= 4 is 52.4 Å². The molecule has 0 amide bonds. The second-order valence-corrected chi connectivity index (χ2v) is 7.28. The molecule has 1 heterocycles.